The Hall–Kier alpha value is -1.64. The topological polar surface area (TPSA) is 85.9 Å². The zero-order chi connectivity index (χ0) is 16.7. The van der Waals surface area contributed by atoms with Crippen molar-refractivity contribution in [2.75, 3.05) is 6.54 Å². The molecule has 1 aromatic rings. The van der Waals surface area contributed by atoms with E-state index in [0.717, 1.165) is 25.2 Å². The van der Waals surface area contributed by atoms with Gasteiger partial charge in [-0.15, -0.1) is 0 Å². The average molecular weight is 304 g/mol. The second-order valence-corrected chi connectivity index (χ2v) is 6.09. The fourth-order valence-corrected chi connectivity index (χ4v) is 2.45. The van der Waals surface area contributed by atoms with Gasteiger partial charge in [0.25, 0.3) is 5.56 Å². The number of nitrogens with zero attached hydrogens (tertiary/aromatic N) is 2. The van der Waals surface area contributed by atoms with Crippen LogP contribution in [-0.2, 0) is 19.4 Å². The third-order valence-corrected chi connectivity index (χ3v) is 3.66. The number of nitrogens with one attached hydrogen (secondary N) is 1. The van der Waals surface area contributed by atoms with Gasteiger partial charge in [0.15, 0.2) is 0 Å². The first kappa shape index (κ1) is 18.4. The quantitative estimate of drug-likeness (QED) is 0.893. The molecule has 0 amide bonds. The van der Waals surface area contributed by atoms with Gasteiger partial charge in [0, 0.05) is 36.8 Å². The summed E-state index contributed by atoms with van der Waals surface area (Å²) in [5, 5.41) is 8.73. The van der Waals surface area contributed by atoms with E-state index in [1.165, 1.54) is 12.0 Å². The van der Waals surface area contributed by atoms with Gasteiger partial charge in [0.1, 0.15) is 0 Å². The highest BCUT2D eigenvalue weighted by atomic mass is 16.1. The molecule has 1 aromatic heterocycles. The molecule has 1 aliphatic heterocycles. The molecule has 1 atom stereocenters. The van der Waals surface area contributed by atoms with Crippen LogP contribution in [0.5, 0.6) is 0 Å². The molecule has 0 spiro atoms. The van der Waals surface area contributed by atoms with Crippen molar-refractivity contribution in [2.45, 2.75) is 65.6 Å². The van der Waals surface area contributed by atoms with E-state index >= 15 is 0 Å². The largest absolute Gasteiger partial charge is 0.324 e. The molecule has 0 bridgehead atoms. The molecule has 5 heteroatoms. The van der Waals surface area contributed by atoms with Gasteiger partial charge in [-0.05, 0) is 31.9 Å². The lowest BCUT2D eigenvalue weighted by Crippen LogP contribution is -2.38. The van der Waals surface area contributed by atoms with Crippen LogP contribution in [-0.4, -0.2) is 28.5 Å². The Morgan fingerprint density at radius 1 is 1.45 bits per heavy atom. The van der Waals surface area contributed by atoms with Gasteiger partial charge in [-0.1, -0.05) is 20.3 Å². The standard InChI is InChI=1S/C14H20N4O.C3H8/c1-9(2)18-4-3-10-5-11(6-12(16)7-15)14(19)17-13(10)8-18;1-3-2/h5,9,12H,3-4,6,8,16H2,1-2H3,(H,17,19);3H2,1-2H3. The van der Waals surface area contributed by atoms with Gasteiger partial charge in [0.05, 0.1) is 12.1 Å². The average Bonchev–Trinajstić information content (AvgIpc) is 2.48. The number of nitriles is 1. The predicted octanol–water partition coefficient (Wildman–Crippen LogP) is 1.95. The van der Waals surface area contributed by atoms with E-state index in [4.69, 9.17) is 11.0 Å². The summed E-state index contributed by atoms with van der Waals surface area (Å²) in [5.41, 5.74) is 8.27. The number of aromatic nitrogens is 1. The molecule has 1 aliphatic rings. The van der Waals surface area contributed by atoms with E-state index in [9.17, 15) is 4.79 Å². The molecule has 2 rings (SSSR count). The van der Waals surface area contributed by atoms with Crippen LogP contribution in [0.2, 0.25) is 0 Å². The van der Waals surface area contributed by atoms with Gasteiger partial charge in [0.2, 0.25) is 0 Å². The number of pyridine rings is 1. The van der Waals surface area contributed by atoms with Crippen LogP contribution in [0.3, 0.4) is 0 Å². The van der Waals surface area contributed by atoms with Crippen LogP contribution in [0.4, 0.5) is 0 Å². The van der Waals surface area contributed by atoms with Crippen molar-refractivity contribution in [3.05, 3.63) is 33.2 Å². The van der Waals surface area contributed by atoms with E-state index in [0.29, 0.717) is 18.0 Å². The molecule has 1 unspecified atom stereocenters. The van der Waals surface area contributed by atoms with Crippen molar-refractivity contribution in [1.82, 2.24) is 9.88 Å². The Bertz CT molecular complexity index is 571. The number of fused-ring (bicyclic) bond motifs is 1. The minimum atomic E-state index is -0.616. The third-order valence-electron chi connectivity index (χ3n) is 3.66. The first-order valence-electron chi connectivity index (χ1n) is 8.06. The molecule has 0 radical (unpaired) electrons. The fourth-order valence-electron chi connectivity index (χ4n) is 2.45. The smallest absolute Gasteiger partial charge is 0.251 e. The molecule has 0 saturated carbocycles. The second-order valence-electron chi connectivity index (χ2n) is 6.09. The lowest BCUT2D eigenvalue weighted by atomic mass is 9.99. The van der Waals surface area contributed by atoms with Gasteiger partial charge >= 0.3 is 0 Å². The summed E-state index contributed by atoms with van der Waals surface area (Å²) in [6.07, 6.45) is 2.49. The number of H-pyrrole nitrogens is 1. The molecule has 0 aliphatic carbocycles. The Labute approximate surface area is 133 Å². The summed E-state index contributed by atoms with van der Waals surface area (Å²) in [7, 11) is 0. The molecule has 5 nitrogen and oxygen atoms in total. The van der Waals surface area contributed by atoms with Crippen molar-refractivity contribution in [3.63, 3.8) is 0 Å². The highest BCUT2D eigenvalue weighted by Gasteiger charge is 2.20. The zero-order valence-electron chi connectivity index (χ0n) is 14.1. The van der Waals surface area contributed by atoms with Crippen molar-refractivity contribution >= 4 is 0 Å². The molecule has 2 heterocycles. The van der Waals surface area contributed by atoms with E-state index in [1.54, 1.807) is 0 Å². The number of rotatable bonds is 3. The van der Waals surface area contributed by atoms with Crippen LogP contribution < -0.4 is 11.3 Å². The number of nitrogens with two attached hydrogens (primary N) is 1. The molecule has 3 N–H and O–H groups in total. The molecule has 22 heavy (non-hydrogen) atoms. The monoisotopic (exact) mass is 304 g/mol. The summed E-state index contributed by atoms with van der Waals surface area (Å²) >= 11 is 0. The molecule has 0 aromatic carbocycles. The van der Waals surface area contributed by atoms with Crippen molar-refractivity contribution < 1.29 is 0 Å². The number of hydrogen-bond acceptors (Lipinski definition) is 4. The first-order chi connectivity index (χ1) is 10.4. The highest BCUT2D eigenvalue weighted by Crippen LogP contribution is 2.18. The van der Waals surface area contributed by atoms with E-state index in [-0.39, 0.29) is 5.56 Å². The van der Waals surface area contributed by atoms with Crippen LogP contribution in [0, 0.1) is 11.3 Å². The Morgan fingerprint density at radius 3 is 2.64 bits per heavy atom. The summed E-state index contributed by atoms with van der Waals surface area (Å²) in [6, 6.07) is 3.74. The maximum absolute atomic E-state index is 12.0. The van der Waals surface area contributed by atoms with Crippen molar-refractivity contribution in [3.8, 4) is 6.07 Å². The lowest BCUT2D eigenvalue weighted by Gasteiger charge is -2.31. The van der Waals surface area contributed by atoms with E-state index in [1.807, 2.05) is 12.1 Å². The predicted molar refractivity (Wildman–Crippen MR) is 89.6 cm³/mol. The Kier molecular flexibility index (Phi) is 7.30. The van der Waals surface area contributed by atoms with Crippen LogP contribution >= 0.6 is 0 Å². The van der Waals surface area contributed by atoms with E-state index < -0.39 is 6.04 Å². The molecule has 0 saturated heterocycles. The summed E-state index contributed by atoms with van der Waals surface area (Å²) < 4.78 is 0. The minimum absolute atomic E-state index is 0.116. The third kappa shape index (κ3) is 4.97. The van der Waals surface area contributed by atoms with Gasteiger partial charge in [-0.25, -0.2) is 0 Å². The van der Waals surface area contributed by atoms with Gasteiger partial charge in [-0.3, -0.25) is 9.69 Å². The molecule has 0 fully saturated rings. The van der Waals surface area contributed by atoms with Crippen LogP contribution in [0.15, 0.2) is 10.9 Å². The number of aromatic amines is 1. The van der Waals surface area contributed by atoms with Gasteiger partial charge < -0.3 is 10.7 Å². The molecular formula is C17H28N4O. The first-order valence-corrected chi connectivity index (χ1v) is 8.06. The maximum Gasteiger partial charge on any atom is 0.251 e. The summed E-state index contributed by atoms with van der Waals surface area (Å²) in [4.78, 5) is 17.3. The van der Waals surface area contributed by atoms with Crippen LogP contribution in [0.25, 0.3) is 0 Å². The van der Waals surface area contributed by atoms with Crippen molar-refractivity contribution in [1.29, 1.82) is 5.26 Å². The Balaban J connectivity index is 0.000000745. The highest BCUT2D eigenvalue weighted by molar-refractivity contribution is 5.28. The Morgan fingerprint density at radius 2 is 2.09 bits per heavy atom. The maximum atomic E-state index is 12.0. The summed E-state index contributed by atoms with van der Waals surface area (Å²) in [5.74, 6) is 0. The number of hydrogen-bond donors (Lipinski definition) is 2. The SMILES string of the molecule is CC(C)N1CCc2cc(CC(N)C#N)c(=O)[nH]c2C1.CCC. The fraction of sp³-hybridized carbons (Fsp3) is 0.647. The normalized spacial score (nSPS) is 15.5. The van der Waals surface area contributed by atoms with Gasteiger partial charge in [-0.2, -0.15) is 5.26 Å². The van der Waals surface area contributed by atoms with E-state index in [2.05, 4.69) is 37.6 Å². The van der Waals surface area contributed by atoms with Crippen LogP contribution in [0.1, 0.15) is 50.9 Å². The summed E-state index contributed by atoms with van der Waals surface area (Å²) in [6.45, 7) is 10.3. The zero-order valence-corrected chi connectivity index (χ0v) is 14.1. The molecule has 122 valence electrons. The minimum Gasteiger partial charge on any atom is -0.324 e. The second kappa shape index (κ2) is 8.72. The lowest BCUT2D eigenvalue weighted by molar-refractivity contribution is 0.200. The molecular weight excluding hydrogens is 276 g/mol. The van der Waals surface area contributed by atoms with Crippen molar-refractivity contribution in [2.24, 2.45) is 5.73 Å².